The molecule has 1 aliphatic rings. The smallest absolute Gasteiger partial charge is 0.280 e. The number of aromatic nitrogens is 1. The molecule has 27 heavy (non-hydrogen) atoms. The van der Waals surface area contributed by atoms with E-state index >= 15 is 0 Å². The first-order valence-corrected chi connectivity index (χ1v) is 9.38. The Morgan fingerprint density at radius 2 is 1.96 bits per heavy atom. The minimum atomic E-state index is -1.68. The number of nitrogens with one attached hydrogen (secondary N) is 2. The molecule has 138 valence electrons. The lowest BCUT2D eigenvalue weighted by molar-refractivity contribution is -0.143. The highest BCUT2D eigenvalue weighted by molar-refractivity contribution is 7.22. The number of ether oxygens (including phenoxy) is 1. The van der Waals surface area contributed by atoms with E-state index in [2.05, 4.69) is 15.6 Å². The molecule has 0 bridgehead atoms. The van der Waals surface area contributed by atoms with Crippen LogP contribution in [0, 0.1) is 20.8 Å². The van der Waals surface area contributed by atoms with Gasteiger partial charge in [-0.05, 0) is 62.6 Å². The minimum Gasteiger partial charge on any atom is -0.466 e. The van der Waals surface area contributed by atoms with Crippen molar-refractivity contribution in [1.29, 1.82) is 0 Å². The summed E-state index contributed by atoms with van der Waals surface area (Å²) in [6, 6.07) is 9.50. The number of fused-ring (bicyclic) bond motifs is 2. The second kappa shape index (κ2) is 6.06. The van der Waals surface area contributed by atoms with Crippen LogP contribution in [0.25, 0.3) is 10.2 Å². The molecule has 3 aromatic rings. The van der Waals surface area contributed by atoms with Crippen molar-refractivity contribution in [2.24, 2.45) is 0 Å². The van der Waals surface area contributed by atoms with Crippen molar-refractivity contribution in [2.45, 2.75) is 33.3 Å². The molecular formula is C20H19N3O3S. The van der Waals surface area contributed by atoms with Crippen LogP contribution in [-0.4, -0.2) is 22.4 Å². The van der Waals surface area contributed by atoms with Crippen LogP contribution >= 0.6 is 11.3 Å². The van der Waals surface area contributed by atoms with Crippen LogP contribution in [0.3, 0.4) is 0 Å². The highest BCUT2D eigenvalue weighted by Crippen LogP contribution is 2.35. The molecule has 6 nitrogen and oxygen atoms in total. The lowest BCUT2D eigenvalue weighted by atomic mass is 10.0. The number of hydrogen-bond acceptors (Lipinski definition) is 5. The molecule has 4 rings (SSSR count). The normalized spacial score (nSPS) is 18.6. The monoisotopic (exact) mass is 381 g/mol. The van der Waals surface area contributed by atoms with E-state index in [1.807, 2.05) is 45.0 Å². The number of carbonyl (C=O) groups excluding carboxylic acids is 2. The molecule has 1 unspecified atom stereocenters. The number of nitrogens with zero attached hydrogens (tertiary/aromatic N) is 1. The number of thiazole rings is 1. The summed E-state index contributed by atoms with van der Waals surface area (Å²) in [6.07, 6.45) is 0. The van der Waals surface area contributed by atoms with Crippen LogP contribution in [0.15, 0.2) is 30.3 Å². The fraction of sp³-hybridized carbons (Fsp3) is 0.250. The maximum absolute atomic E-state index is 12.9. The van der Waals surface area contributed by atoms with Crippen LogP contribution in [0.2, 0.25) is 0 Å². The molecule has 2 N–H and O–H groups in total. The van der Waals surface area contributed by atoms with Gasteiger partial charge in [-0.15, -0.1) is 0 Å². The average Bonchev–Trinajstić information content (AvgIpc) is 2.99. The maximum atomic E-state index is 12.9. The van der Waals surface area contributed by atoms with Gasteiger partial charge >= 0.3 is 0 Å². The van der Waals surface area contributed by atoms with E-state index in [0.717, 1.165) is 26.9 Å². The number of carbonyl (C=O) groups is 2. The lowest BCUT2D eigenvalue weighted by Crippen LogP contribution is -2.56. The molecule has 2 heterocycles. The van der Waals surface area contributed by atoms with Crippen molar-refractivity contribution in [2.75, 3.05) is 10.6 Å². The molecule has 2 amide bonds. The van der Waals surface area contributed by atoms with Gasteiger partial charge in [0, 0.05) is 0 Å². The molecule has 1 atom stereocenters. The van der Waals surface area contributed by atoms with E-state index < -0.39 is 17.4 Å². The van der Waals surface area contributed by atoms with E-state index in [4.69, 9.17) is 4.74 Å². The van der Waals surface area contributed by atoms with Gasteiger partial charge in [-0.1, -0.05) is 23.5 Å². The molecule has 0 spiro atoms. The summed E-state index contributed by atoms with van der Waals surface area (Å²) in [5.41, 5.74) is 2.91. The quantitative estimate of drug-likeness (QED) is 0.659. The molecule has 7 heteroatoms. The van der Waals surface area contributed by atoms with Crippen molar-refractivity contribution in [1.82, 2.24) is 4.98 Å². The van der Waals surface area contributed by atoms with Crippen LogP contribution < -0.4 is 15.4 Å². The predicted octanol–water partition coefficient (Wildman–Crippen LogP) is 3.95. The van der Waals surface area contributed by atoms with Crippen molar-refractivity contribution < 1.29 is 14.3 Å². The number of anilines is 2. The summed E-state index contributed by atoms with van der Waals surface area (Å²) in [6.45, 7) is 7.39. The Labute approximate surface area is 160 Å². The summed E-state index contributed by atoms with van der Waals surface area (Å²) in [5.74, 6) is -0.598. The highest BCUT2D eigenvalue weighted by atomic mass is 32.1. The van der Waals surface area contributed by atoms with E-state index in [9.17, 15) is 9.59 Å². The number of aryl methyl sites for hydroxylation is 3. The fourth-order valence-corrected chi connectivity index (χ4v) is 4.17. The van der Waals surface area contributed by atoms with Gasteiger partial charge in [0.05, 0.1) is 15.9 Å². The van der Waals surface area contributed by atoms with Gasteiger partial charge in [0.25, 0.3) is 17.4 Å². The summed E-state index contributed by atoms with van der Waals surface area (Å²) in [5, 5.41) is 5.94. The number of rotatable bonds is 2. The Morgan fingerprint density at radius 1 is 1.19 bits per heavy atom. The van der Waals surface area contributed by atoms with Crippen molar-refractivity contribution >= 4 is 44.2 Å². The Balaban J connectivity index is 1.63. The second-order valence-corrected chi connectivity index (χ2v) is 8.02. The summed E-state index contributed by atoms with van der Waals surface area (Å²) < 4.78 is 6.78. The molecule has 0 saturated carbocycles. The fourth-order valence-electron chi connectivity index (χ4n) is 3.13. The summed E-state index contributed by atoms with van der Waals surface area (Å²) in [7, 11) is 0. The van der Waals surface area contributed by atoms with Crippen LogP contribution in [0.4, 0.5) is 10.8 Å². The largest absolute Gasteiger partial charge is 0.466 e. The Bertz CT molecular complexity index is 1110. The van der Waals surface area contributed by atoms with Crippen molar-refractivity contribution in [3.05, 3.63) is 47.0 Å². The maximum Gasteiger partial charge on any atom is 0.280 e. The topological polar surface area (TPSA) is 80.3 Å². The standard InChI is InChI=1S/C20H19N3O3S/c1-10-5-6-14-13(8-10)21-17(24)20(4,26-14)18(25)23-19-22-16-12(3)7-11(2)9-15(16)27-19/h5-9H,1-4H3,(H,21,24)(H,22,23,25). The van der Waals surface area contributed by atoms with Gasteiger partial charge in [-0.25, -0.2) is 4.98 Å². The first-order chi connectivity index (χ1) is 12.8. The van der Waals surface area contributed by atoms with Crippen LogP contribution in [0.1, 0.15) is 23.6 Å². The first kappa shape index (κ1) is 17.5. The van der Waals surface area contributed by atoms with Gasteiger partial charge in [0.15, 0.2) is 5.13 Å². The summed E-state index contributed by atoms with van der Waals surface area (Å²) >= 11 is 1.38. The Kier molecular flexibility index (Phi) is 3.92. The van der Waals surface area contributed by atoms with Gasteiger partial charge in [-0.2, -0.15) is 0 Å². The molecular weight excluding hydrogens is 362 g/mol. The van der Waals surface area contributed by atoms with E-state index in [-0.39, 0.29) is 0 Å². The zero-order valence-electron chi connectivity index (χ0n) is 15.5. The molecule has 0 aliphatic carbocycles. The zero-order valence-corrected chi connectivity index (χ0v) is 16.3. The zero-order chi connectivity index (χ0) is 19.3. The van der Waals surface area contributed by atoms with Gasteiger partial charge in [0.2, 0.25) is 0 Å². The number of amides is 2. The summed E-state index contributed by atoms with van der Waals surface area (Å²) in [4.78, 5) is 30.0. The molecule has 1 aromatic heterocycles. The lowest BCUT2D eigenvalue weighted by Gasteiger charge is -2.33. The Hall–Kier alpha value is -2.93. The highest BCUT2D eigenvalue weighted by Gasteiger charge is 2.47. The van der Waals surface area contributed by atoms with Crippen molar-refractivity contribution in [3.63, 3.8) is 0 Å². The molecule has 0 radical (unpaired) electrons. The predicted molar refractivity (Wildman–Crippen MR) is 107 cm³/mol. The first-order valence-electron chi connectivity index (χ1n) is 8.56. The van der Waals surface area contributed by atoms with Crippen molar-refractivity contribution in [3.8, 4) is 5.75 Å². The molecule has 0 fully saturated rings. The Morgan fingerprint density at radius 3 is 2.74 bits per heavy atom. The SMILES string of the molecule is Cc1ccc2c(c1)NC(=O)C(C)(C(=O)Nc1nc3c(C)cc(C)cc3s1)O2. The number of benzene rings is 2. The third-order valence-corrected chi connectivity index (χ3v) is 5.53. The average molecular weight is 381 g/mol. The van der Waals surface area contributed by atoms with Gasteiger partial charge in [0.1, 0.15) is 5.75 Å². The molecule has 2 aromatic carbocycles. The molecule has 0 saturated heterocycles. The molecule has 1 aliphatic heterocycles. The van der Waals surface area contributed by atoms with E-state index in [0.29, 0.717) is 16.6 Å². The van der Waals surface area contributed by atoms with Crippen LogP contribution in [0.5, 0.6) is 5.75 Å². The number of hydrogen-bond donors (Lipinski definition) is 2. The van der Waals surface area contributed by atoms with Gasteiger partial charge in [-0.3, -0.25) is 14.9 Å². The van der Waals surface area contributed by atoms with E-state index in [1.165, 1.54) is 18.3 Å². The van der Waals surface area contributed by atoms with E-state index in [1.54, 1.807) is 6.07 Å². The van der Waals surface area contributed by atoms with Crippen LogP contribution in [-0.2, 0) is 9.59 Å². The minimum absolute atomic E-state index is 0.441. The third kappa shape index (κ3) is 2.94. The third-order valence-electron chi connectivity index (χ3n) is 4.61. The second-order valence-electron chi connectivity index (χ2n) is 6.99. The van der Waals surface area contributed by atoms with Gasteiger partial charge < -0.3 is 10.1 Å².